The van der Waals surface area contributed by atoms with E-state index in [-0.39, 0.29) is 18.2 Å². The fourth-order valence-corrected chi connectivity index (χ4v) is 4.88. The minimum absolute atomic E-state index is 0.0979. The number of nitrogens with zero attached hydrogens (tertiary/aromatic N) is 5. The molecule has 2 atom stereocenters. The van der Waals surface area contributed by atoms with Crippen LogP contribution in [-0.2, 0) is 4.74 Å². The summed E-state index contributed by atoms with van der Waals surface area (Å²) in [5.74, 6) is 0.188. The molecule has 2 aromatic heterocycles. The van der Waals surface area contributed by atoms with Crippen LogP contribution < -0.4 is 10.6 Å². The van der Waals surface area contributed by atoms with Crippen molar-refractivity contribution in [1.29, 1.82) is 0 Å². The molecule has 0 aliphatic carbocycles. The summed E-state index contributed by atoms with van der Waals surface area (Å²) in [6, 6.07) is 9.07. The highest BCUT2D eigenvalue weighted by molar-refractivity contribution is 6.06. The van der Waals surface area contributed by atoms with E-state index >= 15 is 0 Å². The number of ether oxygens (including phenoxy) is 1. The van der Waals surface area contributed by atoms with Crippen LogP contribution in [0.25, 0.3) is 11.2 Å². The topological polar surface area (TPSA) is 97.2 Å². The zero-order valence-electron chi connectivity index (χ0n) is 17.2. The molecule has 9 nitrogen and oxygen atoms in total. The largest absolute Gasteiger partial charge is 0.353 e. The minimum Gasteiger partial charge on any atom is -0.353 e. The maximum atomic E-state index is 12.5. The quantitative estimate of drug-likeness (QED) is 0.651. The lowest BCUT2D eigenvalue weighted by atomic mass is 9.79. The molecule has 1 spiro atoms. The van der Waals surface area contributed by atoms with Crippen molar-refractivity contribution in [2.45, 2.75) is 37.1 Å². The molecule has 2 N–H and O–H groups in total. The third-order valence-corrected chi connectivity index (χ3v) is 6.87. The third kappa shape index (κ3) is 3.20. The van der Waals surface area contributed by atoms with E-state index in [1.54, 1.807) is 18.5 Å². The van der Waals surface area contributed by atoms with Crippen LogP contribution in [0.1, 0.15) is 35.8 Å². The summed E-state index contributed by atoms with van der Waals surface area (Å²) in [5.41, 5.74) is 2.21. The summed E-state index contributed by atoms with van der Waals surface area (Å²) in [4.78, 5) is 28.3. The number of carbonyl (C=O) groups is 1. The van der Waals surface area contributed by atoms with Gasteiger partial charge in [0.1, 0.15) is 12.6 Å². The lowest BCUT2D eigenvalue weighted by Crippen LogP contribution is -2.76. The van der Waals surface area contributed by atoms with Crippen molar-refractivity contribution in [3.63, 3.8) is 0 Å². The number of rotatable bonds is 5. The van der Waals surface area contributed by atoms with Crippen LogP contribution in [0.5, 0.6) is 0 Å². The Labute approximate surface area is 179 Å². The van der Waals surface area contributed by atoms with Crippen LogP contribution in [0.15, 0.2) is 43.0 Å². The molecule has 3 aliphatic heterocycles. The summed E-state index contributed by atoms with van der Waals surface area (Å²) < 4.78 is 8.35. The van der Waals surface area contributed by atoms with Crippen LogP contribution in [0.4, 0.5) is 5.82 Å². The number of nitrogens with one attached hydrogen (secondary N) is 2. The van der Waals surface area contributed by atoms with Crippen molar-refractivity contribution in [2.75, 3.05) is 31.5 Å². The Morgan fingerprint density at radius 1 is 1.19 bits per heavy atom. The summed E-state index contributed by atoms with van der Waals surface area (Å²) in [5, 5.41) is 6.26. The van der Waals surface area contributed by atoms with E-state index < -0.39 is 0 Å². The van der Waals surface area contributed by atoms with Gasteiger partial charge in [-0.05, 0) is 31.4 Å². The van der Waals surface area contributed by atoms with Crippen LogP contribution in [0.2, 0.25) is 0 Å². The van der Waals surface area contributed by atoms with Gasteiger partial charge in [-0.15, -0.1) is 0 Å². The van der Waals surface area contributed by atoms with Crippen molar-refractivity contribution in [3.8, 4) is 0 Å². The summed E-state index contributed by atoms with van der Waals surface area (Å²) in [7, 11) is 0. The molecule has 1 amide bonds. The molecule has 9 heteroatoms. The molecule has 31 heavy (non-hydrogen) atoms. The van der Waals surface area contributed by atoms with Gasteiger partial charge in [-0.1, -0.05) is 18.2 Å². The molecular weight excluding hydrogens is 394 g/mol. The average molecular weight is 419 g/mol. The van der Waals surface area contributed by atoms with Crippen molar-refractivity contribution < 1.29 is 9.53 Å². The second-order valence-corrected chi connectivity index (χ2v) is 8.68. The molecule has 160 valence electrons. The van der Waals surface area contributed by atoms with Crippen LogP contribution in [-0.4, -0.2) is 68.1 Å². The Kier molecular flexibility index (Phi) is 4.48. The van der Waals surface area contributed by atoms with Gasteiger partial charge in [-0.3, -0.25) is 14.3 Å². The maximum Gasteiger partial charge on any atom is 0.256 e. The first-order valence-corrected chi connectivity index (χ1v) is 10.9. The molecule has 0 saturated carbocycles. The minimum atomic E-state index is -0.221. The number of likely N-dealkylation sites (tertiary alicyclic amines) is 1. The standard InChI is InChI=1S/C22H25N7O2/c30-21(15-4-2-1-3-5-15)27-19-18-20(25-13-24-19)29(14-26-18)17-7-6-16(31-17)10-28-9-8-22(28)11-23-12-22/h1-5,13-14,16-17,23H,6-12H2,(H,24,25,27,30). The first-order chi connectivity index (χ1) is 15.2. The monoisotopic (exact) mass is 419 g/mol. The highest BCUT2D eigenvalue weighted by atomic mass is 16.5. The smallest absolute Gasteiger partial charge is 0.256 e. The summed E-state index contributed by atoms with van der Waals surface area (Å²) in [6.45, 7) is 4.35. The average Bonchev–Trinajstić information content (AvgIpc) is 3.38. The number of imidazole rings is 1. The van der Waals surface area contributed by atoms with Crippen molar-refractivity contribution in [2.24, 2.45) is 0 Å². The first-order valence-electron chi connectivity index (χ1n) is 10.9. The van der Waals surface area contributed by atoms with Gasteiger partial charge in [0.05, 0.1) is 12.4 Å². The molecule has 0 bridgehead atoms. The van der Waals surface area contributed by atoms with Crippen LogP contribution in [0.3, 0.4) is 0 Å². The fraction of sp³-hybridized carbons (Fsp3) is 0.455. The summed E-state index contributed by atoms with van der Waals surface area (Å²) >= 11 is 0. The Hall–Kier alpha value is -2.88. The molecular formula is C22H25N7O2. The number of benzene rings is 1. The molecule has 3 saturated heterocycles. The first kappa shape index (κ1) is 18.9. The lowest BCUT2D eigenvalue weighted by molar-refractivity contribution is -0.0923. The second-order valence-electron chi connectivity index (χ2n) is 8.68. The Morgan fingerprint density at radius 3 is 2.81 bits per heavy atom. The number of amides is 1. The van der Waals surface area contributed by atoms with E-state index in [1.165, 1.54) is 12.7 Å². The van der Waals surface area contributed by atoms with Gasteiger partial charge in [-0.25, -0.2) is 15.0 Å². The van der Waals surface area contributed by atoms with E-state index in [0.29, 0.717) is 28.1 Å². The number of hydrogen-bond donors (Lipinski definition) is 2. The molecule has 2 unspecified atom stereocenters. The van der Waals surface area contributed by atoms with Crippen molar-refractivity contribution >= 4 is 22.9 Å². The zero-order chi connectivity index (χ0) is 20.8. The number of fused-ring (bicyclic) bond motifs is 1. The molecule has 3 fully saturated rings. The van der Waals surface area contributed by atoms with Crippen molar-refractivity contribution in [3.05, 3.63) is 48.5 Å². The molecule has 3 aromatic rings. The Balaban J connectivity index is 1.17. The lowest BCUT2D eigenvalue weighted by Gasteiger charge is -2.59. The molecule has 3 aliphatic rings. The zero-order valence-corrected chi connectivity index (χ0v) is 17.2. The molecule has 6 rings (SSSR count). The van der Waals surface area contributed by atoms with E-state index in [2.05, 4.69) is 30.5 Å². The van der Waals surface area contributed by atoms with Gasteiger partial charge >= 0.3 is 0 Å². The van der Waals surface area contributed by atoms with Gasteiger partial charge in [0.25, 0.3) is 5.91 Å². The van der Waals surface area contributed by atoms with E-state index in [1.807, 2.05) is 22.8 Å². The predicted octanol–water partition coefficient (Wildman–Crippen LogP) is 1.80. The van der Waals surface area contributed by atoms with Crippen molar-refractivity contribution in [1.82, 2.24) is 29.7 Å². The highest BCUT2D eigenvalue weighted by Gasteiger charge is 2.50. The van der Waals surface area contributed by atoms with E-state index in [0.717, 1.165) is 39.0 Å². The molecule has 1 aromatic carbocycles. The second kappa shape index (κ2) is 7.37. The third-order valence-electron chi connectivity index (χ3n) is 6.87. The van der Waals surface area contributed by atoms with Gasteiger partial charge in [-0.2, -0.15) is 0 Å². The van der Waals surface area contributed by atoms with Gasteiger partial charge < -0.3 is 15.4 Å². The van der Waals surface area contributed by atoms with Crippen LogP contribution >= 0.6 is 0 Å². The number of carbonyl (C=O) groups excluding carboxylic acids is 1. The normalized spacial score (nSPS) is 24.8. The van der Waals surface area contributed by atoms with Gasteiger partial charge in [0, 0.05) is 37.3 Å². The number of hydrogen-bond acceptors (Lipinski definition) is 7. The predicted molar refractivity (Wildman–Crippen MR) is 115 cm³/mol. The SMILES string of the molecule is O=C(Nc1ncnc2c1ncn2C1CCC(CN2CCC23CNC3)O1)c1ccccc1. The number of aromatic nitrogens is 4. The number of anilines is 1. The summed E-state index contributed by atoms with van der Waals surface area (Å²) in [6.07, 6.45) is 6.56. The van der Waals surface area contributed by atoms with E-state index in [9.17, 15) is 4.79 Å². The molecule has 0 radical (unpaired) electrons. The van der Waals surface area contributed by atoms with Gasteiger partial charge in [0.15, 0.2) is 17.0 Å². The Bertz CT molecular complexity index is 1110. The highest BCUT2D eigenvalue weighted by Crippen LogP contribution is 2.37. The van der Waals surface area contributed by atoms with Gasteiger partial charge in [0.2, 0.25) is 0 Å². The maximum absolute atomic E-state index is 12.5. The fourth-order valence-electron chi connectivity index (χ4n) is 4.88. The van der Waals surface area contributed by atoms with Crippen LogP contribution in [0, 0.1) is 0 Å². The Morgan fingerprint density at radius 2 is 2.06 bits per heavy atom. The molecule has 5 heterocycles. The van der Waals surface area contributed by atoms with E-state index in [4.69, 9.17) is 4.74 Å².